The van der Waals surface area contributed by atoms with Gasteiger partial charge in [-0.2, -0.15) is 13.2 Å². The van der Waals surface area contributed by atoms with Crippen molar-refractivity contribution in [3.05, 3.63) is 17.3 Å². The highest BCUT2D eigenvalue weighted by atomic mass is 19.4. The van der Waals surface area contributed by atoms with E-state index in [1.165, 1.54) is 0 Å². The van der Waals surface area contributed by atoms with Gasteiger partial charge in [0.1, 0.15) is 5.76 Å². The van der Waals surface area contributed by atoms with Gasteiger partial charge in [0.05, 0.1) is 0 Å². The normalized spacial score (nSPS) is 12.8. The molecule has 17 heavy (non-hydrogen) atoms. The summed E-state index contributed by atoms with van der Waals surface area (Å²) in [6, 6.07) is 0. The number of likely N-dealkylation sites (N-methyl/N-ethyl adjacent to an activating group) is 1. The molecule has 0 saturated heterocycles. The lowest BCUT2D eigenvalue weighted by molar-refractivity contribution is -0.142. The maximum Gasteiger partial charge on any atom is 0.436 e. The molecule has 0 amide bonds. The van der Waals surface area contributed by atoms with Crippen molar-refractivity contribution >= 4 is 0 Å². The molecule has 0 N–H and O–H groups in total. The fourth-order valence-corrected chi connectivity index (χ4v) is 1.40. The van der Waals surface area contributed by atoms with Gasteiger partial charge < -0.3 is 9.32 Å². The van der Waals surface area contributed by atoms with Crippen molar-refractivity contribution in [1.29, 1.82) is 0 Å². The number of hydrogen-bond donors (Lipinski definition) is 0. The first-order valence-corrected chi connectivity index (χ1v) is 5.43. The van der Waals surface area contributed by atoms with Crippen LogP contribution in [0.3, 0.4) is 0 Å². The minimum Gasteiger partial charge on any atom is -0.445 e. The third-order valence-corrected chi connectivity index (χ3v) is 2.26. The number of aromatic nitrogens is 1. The molecule has 0 atom stereocenters. The van der Waals surface area contributed by atoms with Gasteiger partial charge in [-0.25, -0.2) is 4.98 Å². The van der Waals surface area contributed by atoms with E-state index in [0.717, 1.165) is 0 Å². The Morgan fingerprint density at radius 2 is 1.88 bits per heavy atom. The van der Waals surface area contributed by atoms with Gasteiger partial charge in [0, 0.05) is 18.9 Å². The van der Waals surface area contributed by atoms with E-state index < -0.39 is 11.9 Å². The van der Waals surface area contributed by atoms with Crippen LogP contribution in [0.25, 0.3) is 0 Å². The number of alkyl halides is 3. The van der Waals surface area contributed by atoms with Crippen molar-refractivity contribution in [2.75, 3.05) is 20.6 Å². The fourth-order valence-electron chi connectivity index (χ4n) is 1.40. The molecular weight excluding hydrogens is 233 g/mol. The van der Waals surface area contributed by atoms with E-state index in [1.807, 2.05) is 19.0 Å². The average Bonchev–Trinajstić information content (AvgIpc) is 2.57. The molecule has 98 valence electrons. The lowest BCUT2D eigenvalue weighted by Crippen LogP contribution is -2.15. The van der Waals surface area contributed by atoms with Crippen LogP contribution in [0.1, 0.15) is 37.1 Å². The Bertz CT molecular complexity index is 369. The predicted octanol–water partition coefficient (Wildman–Crippen LogP) is 2.92. The molecular formula is C11H17F3N2O. The smallest absolute Gasteiger partial charge is 0.436 e. The van der Waals surface area contributed by atoms with Gasteiger partial charge in [0.25, 0.3) is 0 Å². The summed E-state index contributed by atoms with van der Waals surface area (Å²) in [6.45, 7) is 3.92. The minimum atomic E-state index is -4.44. The van der Waals surface area contributed by atoms with Crippen molar-refractivity contribution in [3.8, 4) is 0 Å². The number of rotatable bonds is 4. The SMILES string of the molecule is CC(C)c1oc(CCN(C)C)nc1C(F)(F)F. The van der Waals surface area contributed by atoms with Crippen LogP contribution < -0.4 is 0 Å². The Balaban J connectivity index is 2.96. The standard InChI is InChI=1S/C11H17F3N2O/c1-7(2)9-10(11(12,13)14)15-8(17-9)5-6-16(3)4/h7H,5-6H2,1-4H3. The van der Waals surface area contributed by atoms with Crippen LogP contribution in [-0.4, -0.2) is 30.5 Å². The molecule has 1 aromatic rings. The second-order valence-electron chi connectivity index (χ2n) is 4.53. The van der Waals surface area contributed by atoms with Gasteiger partial charge >= 0.3 is 6.18 Å². The molecule has 6 heteroatoms. The minimum absolute atomic E-state index is 0.0775. The lowest BCUT2D eigenvalue weighted by Gasteiger charge is -2.06. The van der Waals surface area contributed by atoms with E-state index in [2.05, 4.69) is 4.98 Å². The summed E-state index contributed by atoms with van der Waals surface area (Å²) in [4.78, 5) is 5.42. The molecule has 0 aromatic carbocycles. The van der Waals surface area contributed by atoms with Gasteiger partial charge in [0.2, 0.25) is 0 Å². The van der Waals surface area contributed by atoms with Crippen LogP contribution in [0.5, 0.6) is 0 Å². The first-order valence-electron chi connectivity index (χ1n) is 5.43. The lowest BCUT2D eigenvalue weighted by atomic mass is 10.1. The molecule has 1 heterocycles. The summed E-state index contributed by atoms with van der Waals surface area (Å²) >= 11 is 0. The number of oxazole rings is 1. The van der Waals surface area contributed by atoms with Gasteiger partial charge in [0.15, 0.2) is 11.6 Å². The quantitative estimate of drug-likeness (QED) is 0.822. The molecule has 3 nitrogen and oxygen atoms in total. The van der Waals surface area contributed by atoms with Crippen molar-refractivity contribution in [3.63, 3.8) is 0 Å². The van der Waals surface area contributed by atoms with E-state index in [1.54, 1.807) is 13.8 Å². The Labute approximate surface area is 98.6 Å². The van der Waals surface area contributed by atoms with Gasteiger partial charge in [-0.05, 0) is 14.1 Å². The van der Waals surface area contributed by atoms with Gasteiger partial charge in [-0.15, -0.1) is 0 Å². The van der Waals surface area contributed by atoms with Crippen LogP contribution in [0.15, 0.2) is 4.42 Å². The maximum atomic E-state index is 12.7. The second-order valence-corrected chi connectivity index (χ2v) is 4.53. The highest BCUT2D eigenvalue weighted by Gasteiger charge is 2.39. The highest BCUT2D eigenvalue weighted by Crippen LogP contribution is 2.35. The number of halogens is 3. The number of hydrogen-bond acceptors (Lipinski definition) is 3. The third kappa shape index (κ3) is 3.73. The topological polar surface area (TPSA) is 29.3 Å². The van der Waals surface area contributed by atoms with Crippen molar-refractivity contribution in [2.24, 2.45) is 0 Å². The molecule has 0 aliphatic heterocycles. The van der Waals surface area contributed by atoms with E-state index in [-0.39, 0.29) is 17.6 Å². The Morgan fingerprint density at radius 1 is 1.29 bits per heavy atom. The van der Waals surface area contributed by atoms with E-state index >= 15 is 0 Å². The molecule has 1 aromatic heterocycles. The molecule has 0 bridgehead atoms. The van der Waals surface area contributed by atoms with Crippen molar-refractivity contribution in [1.82, 2.24) is 9.88 Å². The molecule has 0 saturated carbocycles. The van der Waals surface area contributed by atoms with Crippen LogP contribution in [0.2, 0.25) is 0 Å². The summed E-state index contributed by atoms with van der Waals surface area (Å²) < 4.78 is 43.3. The van der Waals surface area contributed by atoms with Crippen molar-refractivity contribution < 1.29 is 17.6 Å². The fraction of sp³-hybridized carbons (Fsp3) is 0.727. The van der Waals surface area contributed by atoms with Crippen LogP contribution in [0.4, 0.5) is 13.2 Å². The summed E-state index contributed by atoms with van der Waals surface area (Å²) in [7, 11) is 3.69. The largest absolute Gasteiger partial charge is 0.445 e. The monoisotopic (exact) mass is 250 g/mol. The van der Waals surface area contributed by atoms with Crippen LogP contribution in [0, 0.1) is 0 Å². The number of nitrogens with zero attached hydrogens (tertiary/aromatic N) is 2. The van der Waals surface area contributed by atoms with E-state index in [0.29, 0.717) is 13.0 Å². The summed E-state index contributed by atoms with van der Waals surface area (Å²) in [5.74, 6) is -0.256. The molecule has 0 unspecified atom stereocenters. The first kappa shape index (κ1) is 14.0. The third-order valence-electron chi connectivity index (χ3n) is 2.26. The van der Waals surface area contributed by atoms with Gasteiger partial charge in [-0.1, -0.05) is 13.8 Å². The Morgan fingerprint density at radius 3 is 2.24 bits per heavy atom. The van der Waals surface area contributed by atoms with Crippen molar-refractivity contribution in [2.45, 2.75) is 32.4 Å². The Kier molecular flexibility index (Phi) is 4.19. The molecule has 0 spiro atoms. The summed E-state index contributed by atoms with van der Waals surface area (Å²) in [5.41, 5.74) is -0.888. The summed E-state index contributed by atoms with van der Waals surface area (Å²) in [5, 5.41) is 0. The van der Waals surface area contributed by atoms with E-state index in [9.17, 15) is 13.2 Å². The predicted molar refractivity (Wildman–Crippen MR) is 57.9 cm³/mol. The average molecular weight is 250 g/mol. The molecule has 0 radical (unpaired) electrons. The van der Waals surface area contributed by atoms with Crippen LogP contribution >= 0.6 is 0 Å². The zero-order valence-electron chi connectivity index (χ0n) is 10.4. The highest BCUT2D eigenvalue weighted by molar-refractivity contribution is 5.17. The van der Waals surface area contributed by atoms with Gasteiger partial charge in [-0.3, -0.25) is 0 Å². The molecule has 1 rings (SSSR count). The zero-order valence-corrected chi connectivity index (χ0v) is 10.4. The second kappa shape index (κ2) is 5.08. The Hall–Kier alpha value is -1.04. The molecule has 0 aliphatic rings. The first-order chi connectivity index (χ1) is 7.71. The maximum absolute atomic E-state index is 12.7. The summed E-state index contributed by atoms with van der Waals surface area (Å²) in [6.07, 6.45) is -4.07. The molecule has 0 fully saturated rings. The van der Waals surface area contributed by atoms with Crippen LogP contribution in [-0.2, 0) is 12.6 Å². The zero-order chi connectivity index (χ0) is 13.2. The molecule has 0 aliphatic carbocycles. The van der Waals surface area contributed by atoms with E-state index in [4.69, 9.17) is 4.42 Å².